The molecule has 2 rings (SSSR count). The van der Waals surface area contributed by atoms with Crippen LogP contribution in [0.15, 0.2) is 18.2 Å². The largest absolute Gasteiger partial charge is 0.338 e. The maximum absolute atomic E-state index is 13.2. The van der Waals surface area contributed by atoms with E-state index in [9.17, 15) is 13.6 Å². The Balaban J connectivity index is 2.03. The predicted molar refractivity (Wildman–Crippen MR) is 73.0 cm³/mol. The number of rotatable bonds is 5. The molecule has 1 unspecified atom stereocenters. The molecule has 3 nitrogen and oxygen atoms in total. The minimum atomic E-state index is -0.873. The summed E-state index contributed by atoms with van der Waals surface area (Å²) < 4.78 is 26.1. The summed E-state index contributed by atoms with van der Waals surface area (Å²) in [5, 5.41) is 3.16. The summed E-state index contributed by atoms with van der Waals surface area (Å²) in [7, 11) is 0. The van der Waals surface area contributed by atoms with Crippen LogP contribution in [0.25, 0.3) is 0 Å². The van der Waals surface area contributed by atoms with Crippen LogP contribution in [0.4, 0.5) is 8.78 Å². The number of amides is 1. The monoisotopic (exact) mass is 282 g/mol. The molecular formula is C15H20F2N2O. The average Bonchev–Trinajstić information content (AvgIpc) is 2.37. The fraction of sp³-hybridized carbons (Fsp3) is 0.533. The van der Waals surface area contributed by atoms with Gasteiger partial charge in [0.1, 0.15) is 0 Å². The van der Waals surface area contributed by atoms with E-state index in [-0.39, 0.29) is 11.8 Å². The number of hydrogen-bond donors (Lipinski definition) is 1. The van der Waals surface area contributed by atoms with Crippen LogP contribution >= 0.6 is 0 Å². The summed E-state index contributed by atoms with van der Waals surface area (Å²) in [5.74, 6) is -1.33. The van der Waals surface area contributed by atoms with Gasteiger partial charge in [-0.25, -0.2) is 8.78 Å². The van der Waals surface area contributed by atoms with Gasteiger partial charge in [-0.3, -0.25) is 4.79 Å². The van der Waals surface area contributed by atoms with Crippen molar-refractivity contribution < 1.29 is 13.6 Å². The van der Waals surface area contributed by atoms with Crippen molar-refractivity contribution in [2.75, 3.05) is 19.6 Å². The Morgan fingerprint density at radius 3 is 2.60 bits per heavy atom. The molecule has 1 atom stereocenters. The lowest BCUT2D eigenvalue weighted by Crippen LogP contribution is -2.50. The van der Waals surface area contributed by atoms with E-state index in [1.807, 2.05) is 13.8 Å². The molecule has 110 valence electrons. The van der Waals surface area contributed by atoms with Gasteiger partial charge in [-0.05, 0) is 43.6 Å². The first-order valence-electron chi connectivity index (χ1n) is 6.96. The molecule has 5 heteroatoms. The van der Waals surface area contributed by atoms with Gasteiger partial charge in [0.05, 0.1) is 0 Å². The second kappa shape index (κ2) is 6.31. The zero-order chi connectivity index (χ0) is 14.7. The highest BCUT2D eigenvalue weighted by atomic mass is 19.2. The van der Waals surface area contributed by atoms with Gasteiger partial charge in [-0.2, -0.15) is 0 Å². The van der Waals surface area contributed by atoms with Crippen molar-refractivity contribution in [3.05, 3.63) is 35.4 Å². The smallest absolute Gasteiger partial charge is 0.226 e. The maximum Gasteiger partial charge on any atom is 0.226 e. The highest BCUT2D eigenvalue weighted by Crippen LogP contribution is 2.20. The minimum absolute atomic E-state index is 0.0403. The quantitative estimate of drug-likeness (QED) is 0.897. The van der Waals surface area contributed by atoms with Gasteiger partial charge in [0.15, 0.2) is 11.6 Å². The van der Waals surface area contributed by atoms with Crippen LogP contribution in [0.5, 0.6) is 0 Å². The predicted octanol–water partition coefficient (Wildman–Crippen LogP) is 2.17. The molecule has 0 aromatic heterocycles. The standard InChI is InChI=1S/C15H20F2N2O/c1-3-19(15(20)10(2)12-7-18-8-12)9-11-4-5-13(16)14(17)6-11/h4-6,10,12,18H,3,7-9H2,1-2H3. The average molecular weight is 282 g/mol. The summed E-state index contributed by atoms with van der Waals surface area (Å²) in [4.78, 5) is 14.1. The number of nitrogens with one attached hydrogen (secondary N) is 1. The second-order valence-corrected chi connectivity index (χ2v) is 5.31. The van der Waals surface area contributed by atoms with Crippen molar-refractivity contribution in [3.63, 3.8) is 0 Å². The molecule has 0 aliphatic carbocycles. The molecule has 0 radical (unpaired) electrons. The van der Waals surface area contributed by atoms with Gasteiger partial charge in [0, 0.05) is 19.0 Å². The molecule has 1 aliphatic rings. The Morgan fingerprint density at radius 1 is 1.40 bits per heavy atom. The number of nitrogens with zero attached hydrogens (tertiary/aromatic N) is 1. The molecule has 1 heterocycles. The Hall–Kier alpha value is -1.49. The van der Waals surface area contributed by atoms with Crippen LogP contribution in [0, 0.1) is 23.5 Å². The van der Waals surface area contributed by atoms with Crippen LogP contribution in [0.2, 0.25) is 0 Å². The van der Waals surface area contributed by atoms with Crippen LogP contribution in [0.3, 0.4) is 0 Å². The zero-order valence-electron chi connectivity index (χ0n) is 11.8. The summed E-state index contributed by atoms with van der Waals surface area (Å²) in [6.07, 6.45) is 0. The Bertz CT molecular complexity index is 489. The molecule has 1 fully saturated rings. The number of carbonyl (C=O) groups is 1. The van der Waals surface area contributed by atoms with Gasteiger partial charge in [-0.1, -0.05) is 13.0 Å². The number of carbonyl (C=O) groups excluding carboxylic acids is 1. The van der Waals surface area contributed by atoms with Crippen molar-refractivity contribution in [1.29, 1.82) is 0 Å². The van der Waals surface area contributed by atoms with E-state index in [2.05, 4.69) is 5.32 Å². The Morgan fingerprint density at radius 2 is 2.10 bits per heavy atom. The molecule has 0 bridgehead atoms. The Labute approximate surface area is 118 Å². The van der Waals surface area contributed by atoms with E-state index in [1.165, 1.54) is 6.07 Å². The molecule has 0 saturated carbocycles. The minimum Gasteiger partial charge on any atom is -0.338 e. The fourth-order valence-corrected chi connectivity index (χ4v) is 2.36. The van der Waals surface area contributed by atoms with Crippen LogP contribution < -0.4 is 5.32 Å². The van der Waals surface area contributed by atoms with Crippen molar-refractivity contribution in [2.24, 2.45) is 11.8 Å². The van der Waals surface area contributed by atoms with E-state index in [1.54, 1.807) is 4.90 Å². The normalized spacial score (nSPS) is 16.6. The second-order valence-electron chi connectivity index (χ2n) is 5.31. The summed E-state index contributed by atoms with van der Waals surface area (Å²) in [6.45, 7) is 6.44. The number of benzene rings is 1. The third kappa shape index (κ3) is 3.15. The molecule has 1 N–H and O–H groups in total. The van der Waals surface area contributed by atoms with E-state index < -0.39 is 11.6 Å². The maximum atomic E-state index is 13.2. The molecule has 0 spiro atoms. The molecule has 20 heavy (non-hydrogen) atoms. The van der Waals surface area contributed by atoms with E-state index >= 15 is 0 Å². The van der Waals surface area contributed by atoms with Gasteiger partial charge < -0.3 is 10.2 Å². The molecule has 1 aromatic rings. The SMILES string of the molecule is CCN(Cc1ccc(F)c(F)c1)C(=O)C(C)C1CNC1. The third-order valence-electron chi connectivity index (χ3n) is 3.96. The third-order valence-corrected chi connectivity index (χ3v) is 3.96. The molecule has 1 amide bonds. The van der Waals surface area contributed by atoms with Crippen molar-refractivity contribution >= 4 is 5.91 Å². The number of hydrogen-bond acceptors (Lipinski definition) is 2. The summed E-state index contributed by atoms with van der Waals surface area (Å²) >= 11 is 0. The first-order valence-corrected chi connectivity index (χ1v) is 6.96. The van der Waals surface area contributed by atoms with Gasteiger partial charge in [0.2, 0.25) is 5.91 Å². The molecule has 1 aromatic carbocycles. The van der Waals surface area contributed by atoms with E-state index in [4.69, 9.17) is 0 Å². The van der Waals surface area contributed by atoms with Crippen molar-refractivity contribution in [2.45, 2.75) is 20.4 Å². The van der Waals surface area contributed by atoms with Crippen molar-refractivity contribution in [3.8, 4) is 0 Å². The number of halogens is 2. The highest BCUT2D eigenvalue weighted by molar-refractivity contribution is 5.79. The first-order chi connectivity index (χ1) is 9.52. The van der Waals surface area contributed by atoms with E-state index in [0.717, 1.165) is 25.2 Å². The summed E-state index contributed by atoms with van der Waals surface area (Å²) in [5.41, 5.74) is 0.609. The van der Waals surface area contributed by atoms with Gasteiger partial charge in [-0.15, -0.1) is 0 Å². The first kappa shape index (κ1) is 14.9. The molecular weight excluding hydrogens is 262 g/mol. The molecule has 1 aliphatic heterocycles. The lowest BCUT2D eigenvalue weighted by Gasteiger charge is -2.34. The highest BCUT2D eigenvalue weighted by Gasteiger charge is 2.31. The van der Waals surface area contributed by atoms with Crippen LogP contribution in [-0.2, 0) is 11.3 Å². The summed E-state index contributed by atoms with van der Waals surface area (Å²) in [6, 6.07) is 3.77. The van der Waals surface area contributed by atoms with Crippen LogP contribution in [-0.4, -0.2) is 30.4 Å². The molecule has 1 saturated heterocycles. The van der Waals surface area contributed by atoms with Crippen molar-refractivity contribution in [1.82, 2.24) is 10.2 Å². The van der Waals surface area contributed by atoms with E-state index in [0.29, 0.717) is 24.6 Å². The lowest BCUT2D eigenvalue weighted by molar-refractivity contribution is -0.137. The zero-order valence-corrected chi connectivity index (χ0v) is 11.8. The Kier molecular flexibility index (Phi) is 4.70. The lowest BCUT2D eigenvalue weighted by atomic mass is 9.88. The van der Waals surface area contributed by atoms with Gasteiger partial charge >= 0.3 is 0 Å². The topological polar surface area (TPSA) is 32.3 Å². The fourth-order valence-electron chi connectivity index (χ4n) is 2.36. The van der Waals surface area contributed by atoms with Crippen LogP contribution in [0.1, 0.15) is 19.4 Å². The van der Waals surface area contributed by atoms with Gasteiger partial charge in [0.25, 0.3) is 0 Å².